The molecule has 0 aromatic heterocycles. The van der Waals surface area contributed by atoms with Gasteiger partial charge >= 0.3 is 0 Å². The number of piperidine rings is 1. The van der Waals surface area contributed by atoms with Crippen molar-refractivity contribution in [2.45, 2.75) is 38.6 Å². The molecule has 3 rings (SSSR count). The number of anilines is 1. The Labute approximate surface area is 168 Å². The highest BCUT2D eigenvalue weighted by molar-refractivity contribution is 5.82. The van der Waals surface area contributed by atoms with E-state index in [9.17, 15) is 9.90 Å². The van der Waals surface area contributed by atoms with Crippen molar-refractivity contribution in [3.05, 3.63) is 24.3 Å². The van der Waals surface area contributed by atoms with E-state index in [0.717, 1.165) is 57.2 Å². The molecule has 2 heterocycles. The molecule has 0 spiro atoms. The van der Waals surface area contributed by atoms with E-state index in [-0.39, 0.29) is 5.91 Å². The van der Waals surface area contributed by atoms with Gasteiger partial charge in [0.2, 0.25) is 5.91 Å². The quantitative estimate of drug-likeness (QED) is 0.610. The number of nitrogens with one attached hydrogen (secondary N) is 1. The van der Waals surface area contributed by atoms with Crippen molar-refractivity contribution in [2.75, 3.05) is 51.2 Å². The molecule has 7 nitrogen and oxygen atoms in total. The summed E-state index contributed by atoms with van der Waals surface area (Å²) in [5, 5.41) is 13.4. The van der Waals surface area contributed by atoms with Crippen molar-refractivity contribution in [3.63, 3.8) is 0 Å². The van der Waals surface area contributed by atoms with E-state index >= 15 is 0 Å². The molecule has 2 aliphatic rings. The Morgan fingerprint density at radius 3 is 2.61 bits per heavy atom. The zero-order chi connectivity index (χ0) is 19.9. The van der Waals surface area contributed by atoms with Gasteiger partial charge in [-0.1, -0.05) is 12.1 Å². The number of hydrogen-bond donors (Lipinski definition) is 2. The number of carbonyl (C=O) groups is 1. The van der Waals surface area contributed by atoms with Gasteiger partial charge in [-0.15, -0.1) is 0 Å². The molecule has 0 radical (unpaired) electrons. The number of nitrogens with zero attached hydrogens (tertiary/aromatic N) is 4. The Morgan fingerprint density at radius 2 is 1.93 bits per heavy atom. The highest BCUT2D eigenvalue weighted by atomic mass is 16.3. The Hall–Kier alpha value is -2.44. The number of likely N-dealkylation sites (tertiary alicyclic amines) is 1. The lowest BCUT2D eigenvalue weighted by molar-refractivity contribution is -0.134. The standard InChI is InChI=1S/C21H33N5O2/c1-17-7-5-6-12-26(17)20(28)10-11-23-21(22-2)25-15-13-24(14-16-25)18-8-3-4-9-19(18)27/h3-4,8-9,17,27H,5-7,10-16H2,1-2H3,(H,22,23). The summed E-state index contributed by atoms with van der Waals surface area (Å²) in [4.78, 5) is 23.3. The van der Waals surface area contributed by atoms with E-state index in [4.69, 9.17) is 0 Å². The summed E-state index contributed by atoms with van der Waals surface area (Å²) in [7, 11) is 1.78. The molecule has 0 bridgehead atoms. The van der Waals surface area contributed by atoms with Gasteiger partial charge in [-0.05, 0) is 38.3 Å². The number of aromatic hydroxyl groups is 1. The summed E-state index contributed by atoms with van der Waals surface area (Å²) in [5.74, 6) is 1.40. The van der Waals surface area contributed by atoms with Crippen molar-refractivity contribution in [1.82, 2.24) is 15.1 Å². The van der Waals surface area contributed by atoms with Crippen LogP contribution < -0.4 is 10.2 Å². The molecule has 2 saturated heterocycles. The lowest BCUT2D eigenvalue weighted by Gasteiger charge is -2.38. The largest absolute Gasteiger partial charge is 0.506 e. The van der Waals surface area contributed by atoms with Gasteiger partial charge in [0.25, 0.3) is 0 Å². The number of benzene rings is 1. The maximum absolute atomic E-state index is 12.5. The number of guanidine groups is 1. The van der Waals surface area contributed by atoms with Crippen molar-refractivity contribution < 1.29 is 9.90 Å². The Bertz CT molecular complexity index is 685. The first-order chi connectivity index (χ1) is 13.6. The lowest BCUT2D eigenvalue weighted by atomic mass is 10.0. The molecule has 1 aromatic carbocycles. The number of para-hydroxylation sites is 2. The van der Waals surface area contributed by atoms with Crippen LogP contribution in [0.15, 0.2) is 29.3 Å². The van der Waals surface area contributed by atoms with Gasteiger partial charge in [-0.25, -0.2) is 0 Å². The minimum Gasteiger partial charge on any atom is -0.506 e. The highest BCUT2D eigenvalue weighted by Gasteiger charge is 2.24. The van der Waals surface area contributed by atoms with Gasteiger partial charge in [-0.2, -0.15) is 0 Å². The molecule has 1 atom stereocenters. The average Bonchev–Trinajstić information content (AvgIpc) is 2.72. The molecule has 28 heavy (non-hydrogen) atoms. The van der Waals surface area contributed by atoms with Gasteiger partial charge in [0.1, 0.15) is 5.75 Å². The van der Waals surface area contributed by atoms with Crippen LogP contribution in [0, 0.1) is 0 Å². The number of piperazine rings is 1. The predicted octanol–water partition coefficient (Wildman–Crippen LogP) is 1.88. The number of phenols is 1. The SMILES string of the molecule is CN=C(NCCC(=O)N1CCCCC1C)N1CCN(c2ccccc2O)CC1. The normalized spacial score (nSPS) is 21.0. The second-order valence-corrected chi connectivity index (χ2v) is 7.62. The minimum atomic E-state index is 0.236. The van der Waals surface area contributed by atoms with Crippen LogP contribution in [-0.2, 0) is 4.79 Å². The fraction of sp³-hybridized carbons (Fsp3) is 0.619. The molecule has 1 unspecified atom stereocenters. The van der Waals surface area contributed by atoms with E-state index in [1.165, 1.54) is 6.42 Å². The van der Waals surface area contributed by atoms with Crippen LogP contribution in [0.5, 0.6) is 5.75 Å². The summed E-state index contributed by atoms with van der Waals surface area (Å²) in [6.07, 6.45) is 3.96. The topological polar surface area (TPSA) is 71.4 Å². The molecule has 7 heteroatoms. The molecule has 2 aliphatic heterocycles. The van der Waals surface area contributed by atoms with Gasteiger partial charge < -0.3 is 25.1 Å². The number of hydrogen-bond acceptors (Lipinski definition) is 4. The van der Waals surface area contributed by atoms with Crippen LogP contribution in [-0.4, -0.2) is 79.1 Å². The second kappa shape index (κ2) is 9.66. The molecular weight excluding hydrogens is 354 g/mol. The molecular formula is C21H33N5O2. The van der Waals surface area contributed by atoms with Crippen molar-refractivity contribution in [3.8, 4) is 5.75 Å². The molecule has 1 amide bonds. The zero-order valence-electron chi connectivity index (χ0n) is 17.1. The van der Waals surface area contributed by atoms with Crippen LogP contribution in [0.1, 0.15) is 32.6 Å². The third-order valence-corrected chi connectivity index (χ3v) is 5.76. The summed E-state index contributed by atoms with van der Waals surface area (Å²) in [6, 6.07) is 7.82. The molecule has 2 fully saturated rings. The third kappa shape index (κ3) is 4.88. The summed E-state index contributed by atoms with van der Waals surface area (Å²) in [6.45, 7) is 6.94. The Morgan fingerprint density at radius 1 is 1.18 bits per heavy atom. The number of rotatable bonds is 4. The highest BCUT2D eigenvalue weighted by Crippen LogP contribution is 2.27. The van der Waals surface area contributed by atoms with Gasteiger partial charge in [0.15, 0.2) is 5.96 Å². The molecule has 0 aliphatic carbocycles. The average molecular weight is 388 g/mol. The van der Waals surface area contributed by atoms with Crippen LogP contribution in [0.2, 0.25) is 0 Å². The monoisotopic (exact) mass is 387 g/mol. The first-order valence-electron chi connectivity index (χ1n) is 10.4. The van der Waals surface area contributed by atoms with Crippen molar-refractivity contribution in [1.29, 1.82) is 0 Å². The number of amides is 1. The number of phenolic OH excluding ortho intramolecular Hbond substituents is 1. The summed E-state index contributed by atoms with van der Waals surface area (Å²) < 4.78 is 0. The fourth-order valence-corrected chi connectivity index (χ4v) is 4.12. The van der Waals surface area contributed by atoms with Gasteiger partial charge in [0, 0.05) is 58.8 Å². The van der Waals surface area contributed by atoms with E-state index in [0.29, 0.717) is 24.8 Å². The lowest BCUT2D eigenvalue weighted by Crippen LogP contribution is -2.53. The first kappa shape index (κ1) is 20.3. The van der Waals surface area contributed by atoms with E-state index in [1.54, 1.807) is 13.1 Å². The number of carbonyl (C=O) groups excluding carboxylic acids is 1. The van der Waals surface area contributed by atoms with Crippen molar-refractivity contribution in [2.24, 2.45) is 4.99 Å². The van der Waals surface area contributed by atoms with E-state index in [2.05, 4.69) is 27.0 Å². The zero-order valence-corrected chi connectivity index (χ0v) is 17.1. The number of aliphatic imine (C=N–C) groups is 1. The van der Waals surface area contributed by atoms with Crippen LogP contribution >= 0.6 is 0 Å². The minimum absolute atomic E-state index is 0.236. The predicted molar refractivity (Wildman–Crippen MR) is 113 cm³/mol. The molecule has 1 aromatic rings. The molecule has 154 valence electrons. The fourth-order valence-electron chi connectivity index (χ4n) is 4.12. The van der Waals surface area contributed by atoms with Gasteiger partial charge in [-0.3, -0.25) is 9.79 Å². The van der Waals surface area contributed by atoms with Crippen LogP contribution in [0.25, 0.3) is 0 Å². The smallest absolute Gasteiger partial charge is 0.224 e. The maximum atomic E-state index is 12.5. The Kier molecular flexibility index (Phi) is 7.01. The molecule has 0 saturated carbocycles. The summed E-state index contributed by atoms with van der Waals surface area (Å²) in [5.41, 5.74) is 0.881. The van der Waals surface area contributed by atoms with Crippen LogP contribution in [0.3, 0.4) is 0 Å². The summed E-state index contributed by atoms with van der Waals surface area (Å²) >= 11 is 0. The van der Waals surface area contributed by atoms with Crippen LogP contribution in [0.4, 0.5) is 5.69 Å². The van der Waals surface area contributed by atoms with Crippen molar-refractivity contribution >= 4 is 17.6 Å². The third-order valence-electron chi connectivity index (χ3n) is 5.76. The Balaban J connectivity index is 1.45. The van der Waals surface area contributed by atoms with E-state index < -0.39 is 0 Å². The van der Waals surface area contributed by atoms with Gasteiger partial charge in [0.05, 0.1) is 5.69 Å². The first-order valence-corrected chi connectivity index (χ1v) is 10.4. The van der Waals surface area contributed by atoms with E-state index in [1.807, 2.05) is 23.1 Å². The molecule has 2 N–H and O–H groups in total. The maximum Gasteiger partial charge on any atom is 0.224 e. The second-order valence-electron chi connectivity index (χ2n) is 7.62.